The standard InChI is InChI=1S/C22H19FN4O6S/c1-27(34(30)31)26-20-10-13(6-8-24-20)9-16-17(12-28)15-5-4-14(11-19(15)33-22(16)29)32-21-18(23)3-2-7-25-21/h2-8,10-11,28H,9,12H2,1H3,(H,24,26)(H,30,31). The van der Waals surface area contributed by atoms with Crippen LogP contribution in [0.5, 0.6) is 11.6 Å². The van der Waals surface area contributed by atoms with Gasteiger partial charge in [-0.1, -0.05) is 0 Å². The van der Waals surface area contributed by atoms with Crippen molar-refractivity contribution in [2.75, 3.05) is 12.5 Å². The van der Waals surface area contributed by atoms with Crippen LogP contribution in [0.1, 0.15) is 16.7 Å². The molecule has 0 saturated carbocycles. The molecule has 0 aliphatic carbocycles. The molecule has 3 N–H and O–H groups in total. The molecule has 3 heterocycles. The highest BCUT2D eigenvalue weighted by Gasteiger charge is 2.17. The molecule has 4 aromatic rings. The SMILES string of the molecule is CN(Nc1cc(Cc2c(CO)c3ccc(Oc4ncccc4F)cc3oc2=O)ccn1)S(=O)O. The maximum absolute atomic E-state index is 13.8. The number of hydrogen-bond acceptors (Lipinski definition) is 8. The highest BCUT2D eigenvalue weighted by molar-refractivity contribution is 7.76. The zero-order valence-electron chi connectivity index (χ0n) is 17.8. The number of aliphatic hydroxyl groups excluding tert-OH is 1. The van der Waals surface area contributed by atoms with Crippen molar-refractivity contribution in [2.24, 2.45) is 0 Å². The summed E-state index contributed by atoms with van der Waals surface area (Å²) >= 11 is -2.25. The van der Waals surface area contributed by atoms with E-state index in [2.05, 4.69) is 15.4 Å². The van der Waals surface area contributed by atoms with Gasteiger partial charge in [0, 0.05) is 42.9 Å². The van der Waals surface area contributed by atoms with Crippen molar-refractivity contribution in [3.8, 4) is 11.6 Å². The van der Waals surface area contributed by atoms with Crippen LogP contribution in [0.3, 0.4) is 0 Å². The molecule has 0 radical (unpaired) electrons. The zero-order valence-corrected chi connectivity index (χ0v) is 18.6. The Balaban J connectivity index is 1.66. The van der Waals surface area contributed by atoms with Gasteiger partial charge in [0.15, 0.2) is 5.82 Å². The molecule has 10 nitrogen and oxygen atoms in total. The molecule has 0 aliphatic rings. The molecule has 176 valence electrons. The summed E-state index contributed by atoms with van der Waals surface area (Å²) < 4.78 is 45.9. The van der Waals surface area contributed by atoms with Gasteiger partial charge in [-0.2, -0.15) is 0 Å². The van der Waals surface area contributed by atoms with Crippen LogP contribution in [-0.2, 0) is 24.3 Å². The number of nitrogens with one attached hydrogen (secondary N) is 1. The summed E-state index contributed by atoms with van der Waals surface area (Å²) in [4.78, 5) is 20.7. The molecule has 1 unspecified atom stereocenters. The minimum atomic E-state index is -2.25. The van der Waals surface area contributed by atoms with E-state index in [1.165, 1.54) is 37.6 Å². The maximum atomic E-state index is 13.8. The van der Waals surface area contributed by atoms with Gasteiger partial charge in [-0.15, -0.1) is 4.41 Å². The smallest absolute Gasteiger partial charge is 0.340 e. The highest BCUT2D eigenvalue weighted by atomic mass is 32.2. The second-order valence-electron chi connectivity index (χ2n) is 7.12. The molecule has 0 aliphatic heterocycles. The number of hydrazine groups is 1. The lowest BCUT2D eigenvalue weighted by atomic mass is 9.99. The summed E-state index contributed by atoms with van der Waals surface area (Å²) in [5.74, 6) is -0.360. The molecular weight excluding hydrogens is 467 g/mol. The first-order valence-corrected chi connectivity index (χ1v) is 11.0. The van der Waals surface area contributed by atoms with Crippen molar-refractivity contribution >= 4 is 28.1 Å². The number of pyridine rings is 2. The number of rotatable bonds is 8. The summed E-state index contributed by atoms with van der Waals surface area (Å²) in [6.45, 7) is -0.422. The van der Waals surface area contributed by atoms with E-state index in [-0.39, 0.29) is 29.2 Å². The van der Waals surface area contributed by atoms with Gasteiger partial charge < -0.3 is 14.3 Å². The number of anilines is 1. The van der Waals surface area contributed by atoms with Gasteiger partial charge in [0.05, 0.1) is 6.61 Å². The Morgan fingerprint density at radius 1 is 1.18 bits per heavy atom. The van der Waals surface area contributed by atoms with Gasteiger partial charge in [0.2, 0.25) is 0 Å². The summed E-state index contributed by atoms with van der Waals surface area (Å²) in [6.07, 6.45) is 2.99. The van der Waals surface area contributed by atoms with Gasteiger partial charge in [-0.05, 0) is 47.5 Å². The number of nitrogens with zero attached hydrogens (tertiary/aromatic N) is 3. The van der Waals surface area contributed by atoms with Gasteiger partial charge >= 0.3 is 5.63 Å². The van der Waals surface area contributed by atoms with Crippen molar-refractivity contribution in [1.29, 1.82) is 0 Å². The number of fused-ring (bicyclic) bond motifs is 1. The number of aliphatic hydroxyl groups is 1. The first-order valence-electron chi connectivity index (χ1n) is 9.90. The average Bonchev–Trinajstić information content (AvgIpc) is 2.81. The summed E-state index contributed by atoms with van der Waals surface area (Å²) in [6, 6.07) is 10.5. The number of halogens is 1. The van der Waals surface area contributed by atoms with E-state index in [0.717, 1.165) is 4.41 Å². The Hall–Kier alpha value is -3.71. The molecule has 1 atom stereocenters. The van der Waals surface area contributed by atoms with Crippen molar-refractivity contribution in [3.05, 3.63) is 87.8 Å². The van der Waals surface area contributed by atoms with E-state index >= 15 is 0 Å². The summed E-state index contributed by atoms with van der Waals surface area (Å²) in [5.41, 5.74) is 3.43. The van der Waals surface area contributed by atoms with Crippen LogP contribution >= 0.6 is 0 Å². The fourth-order valence-electron chi connectivity index (χ4n) is 3.31. The second-order valence-corrected chi connectivity index (χ2v) is 8.13. The predicted octanol–water partition coefficient (Wildman–Crippen LogP) is 2.99. The monoisotopic (exact) mass is 486 g/mol. The number of ether oxygens (including phenoxy) is 1. The fourth-order valence-corrected chi connectivity index (χ4v) is 3.49. The van der Waals surface area contributed by atoms with Crippen molar-refractivity contribution < 1.29 is 27.4 Å². The largest absolute Gasteiger partial charge is 0.436 e. The Bertz CT molecular complexity index is 1430. The van der Waals surface area contributed by atoms with Crippen LogP contribution < -0.4 is 15.8 Å². The van der Waals surface area contributed by atoms with E-state index in [1.807, 2.05) is 0 Å². The van der Waals surface area contributed by atoms with E-state index in [9.17, 15) is 18.5 Å². The lowest BCUT2D eigenvalue weighted by Gasteiger charge is -2.14. The molecule has 0 amide bonds. The van der Waals surface area contributed by atoms with Crippen LogP contribution in [0, 0.1) is 5.82 Å². The number of benzene rings is 1. The van der Waals surface area contributed by atoms with Gasteiger partial charge in [-0.25, -0.2) is 23.4 Å². The van der Waals surface area contributed by atoms with Gasteiger partial charge in [-0.3, -0.25) is 9.98 Å². The molecule has 4 rings (SSSR count). The third-order valence-corrected chi connectivity index (χ3v) is 5.46. The normalized spacial score (nSPS) is 12.1. The quantitative estimate of drug-likeness (QED) is 0.195. The Kier molecular flexibility index (Phi) is 6.93. The zero-order chi connectivity index (χ0) is 24.2. The number of aromatic nitrogens is 2. The minimum Gasteiger partial charge on any atom is -0.436 e. The van der Waals surface area contributed by atoms with Crippen molar-refractivity contribution in [1.82, 2.24) is 14.4 Å². The summed E-state index contributed by atoms with van der Waals surface area (Å²) in [7, 11) is 1.37. The van der Waals surface area contributed by atoms with Gasteiger partial charge in [0.25, 0.3) is 17.1 Å². The molecule has 34 heavy (non-hydrogen) atoms. The van der Waals surface area contributed by atoms with E-state index in [4.69, 9.17) is 13.7 Å². The molecule has 0 fully saturated rings. The van der Waals surface area contributed by atoms with E-state index < -0.39 is 29.3 Å². The Morgan fingerprint density at radius 2 is 2.00 bits per heavy atom. The Morgan fingerprint density at radius 3 is 2.74 bits per heavy atom. The topological polar surface area (TPSA) is 138 Å². The highest BCUT2D eigenvalue weighted by Crippen LogP contribution is 2.29. The van der Waals surface area contributed by atoms with Crippen LogP contribution in [-0.4, -0.2) is 35.3 Å². The fraction of sp³-hybridized carbons (Fsp3) is 0.136. The minimum absolute atomic E-state index is 0.120. The van der Waals surface area contributed by atoms with Crippen LogP contribution in [0.25, 0.3) is 11.0 Å². The lowest BCUT2D eigenvalue weighted by Crippen LogP contribution is -2.27. The van der Waals surface area contributed by atoms with Crippen LogP contribution in [0.2, 0.25) is 0 Å². The van der Waals surface area contributed by atoms with Crippen LogP contribution in [0.15, 0.2) is 64.1 Å². The molecule has 12 heteroatoms. The number of hydrogen-bond donors (Lipinski definition) is 3. The first-order chi connectivity index (χ1) is 16.4. The molecule has 1 aromatic carbocycles. The average molecular weight is 486 g/mol. The van der Waals surface area contributed by atoms with Crippen molar-refractivity contribution in [3.63, 3.8) is 0 Å². The predicted molar refractivity (Wildman–Crippen MR) is 122 cm³/mol. The van der Waals surface area contributed by atoms with Gasteiger partial charge in [0.1, 0.15) is 17.2 Å². The second kappa shape index (κ2) is 10.1. The molecule has 0 spiro atoms. The third kappa shape index (κ3) is 5.10. The van der Waals surface area contributed by atoms with E-state index in [1.54, 1.807) is 24.3 Å². The Labute approximate surface area is 195 Å². The maximum Gasteiger partial charge on any atom is 0.340 e. The molecule has 3 aromatic heterocycles. The lowest BCUT2D eigenvalue weighted by molar-refractivity contribution is 0.281. The first kappa shape index (κ1) is 23.4. The summed E-state index contributed by atoms with van der Waals surface area (Å²) in [5, 5.41) is 10.5. The third-order valence-electron chi connectivity index (χ3n) is 4.90. The molecular formula is C22H19FN4O6S. The van der Waals surface area contributed by atoms with E-state index in [0.29, 0.717) is 22.3 Å². The van der Waals surface area contributed by atoms with Crippen LogP contribution in [0.4, 0.5) is 10.2 Å². The molecule has 0 bridgehead atoms. The molecule has 0 saturated heterocycles. The van der Waals surface area contributed by atoms with Crippen molar-refractivity contribution in [2.45, 2.75) is 13.0 Å².